The van der Waals surface area contributed by atoms with Gasteiger partial charge < -0.3 is 9.29 Å². The number of ether oxygens (including phenoxy) is 1. The lowest BCUT2D eigenvalue weighted by molar-refractivity contribution is -0.178. The Morgan fingerprint density at radius 2 is 1.74 bits per heavy atom. The fourth-order valence-electron chi connectivity index (χ4n) is 5.64. The van der Waals surface area contributed by atoms with E-state index in [-0.39, 0.29) is 17.4 Å². The summed E-state index contributed by atoms with van der Waals surface area (Å²) < 4.78 is 62.7. The van der Waals surface area contributed by atoms with Crippen molar-refractivity contribution in [3.05, 3.63) is 0 Å². The molecule has 0 N–H and O–H groups in total. The second-order valence-electron chi connectivity index (χ2n) is 7.86. The highest BCUT2D eigenvalue weighted by Gasteiger charge is 2.58. The Balaban J connectivity index is 1.72. The summed E-state index contributed by atoms with van der Waals surface area (Å²) in [5.41, 5.74) is -0.137. The number of rotatable bonds is 5. The van der Waals surface area contributed by atoms with Crippen LogP contribution in [-0.2, 0) is 19.6 Å². The van der Waals surface area contributed by atoms with Gasteiger partial charge in [-0.1, -0.05) is 13.3 Å². The lowest BCUT2D eigenvalue weighted by Crippen LogP contribution is -2.54. The SMILES string of the molecule is CCC12CC3CC(C1)CC(COC(=O)C(F)(F)S(=O)(=O)[O-])(C3)C2. The first-order valence-electron chi connectivity index (χ1n) is 8.01. The van der Waals surface area contributed by atoms with Crippen molar-refractivity contribution in [3.8, 4) is 0 Å². The second kappa shape index (κ2) is 5.12. The third-order valence-corrected chi connectivity index (χ3v) is 6.91. The molecule has 0 amide bonds. The normalized spacial score (nSPS) is 39.5. The van der Waals surface area contributed by atoms with E-state index >= 15 is 0 Å². The summed E-state index contributed by atoms with van der Waals surface area (Å²) in [6, 6.07) is 0. The van der Waals surface area contributed by atoms with Crippen molar-refractivity contribution in [2.24, 2.45) is 22.7 Å². The highest BCUT2D eigenvalue weighted by molar-refractivity contribution is 7.87. The zero-order valence-electron chi connectivity index (χ0n) is 13.0. The van der Waals surface area contributed by atoms with Crippen LogP contribution in [0.2, 0.25) is 0 Å². The van der Waals surface area contributed by atoms with Gasteiger partial charge in [-0.05, 0) is 55.8 Å². The molecule has 4 saturated carbocycles. The van der Waals surface area contributed by atoms with Crippen LogP contribution in [0.4, 0.5) is 8.78 Å². The molecule has 2 atom stereocenters. The Morgan fingerprint density at radius 1 is 1.22 bits per heavy atom. The van der Waals surface area contributed by atoms with E-state index in [1.54, 1.807) is 0 Å². The van der Waals surface area contributed by atoms with Gasteiger partial charge in [0.05, 0.1) is 6.61 Å². The zero-order chi connectivity index (χ0) is 17.1. The van der Waals surface area contributed by atoms with Gasteiger partial charge in [0.25, 0.3) is 0 Å². The van der Waals surface area contributed by atoms with Gasteiger partial charge in [0.2, 0.25) is 0 Å². The maximum Gasteiger partial charge on any atom is 0.428 e. The molecular formula is C15H21F2O5S-. The van der Waals surface area contributed by atoms with E-state index < -0.39 is 21.3 Å². The molecule has 23 heavy (non-hydrogen) atoms. The number of hydrogen-bond acceptors (Lipinski definition) is 5. The molecule has 8 heteroatoms. The first-order chi connectivity index (χ1) is 10.5. The monoisotopic (exact) mass is 351 g/mol. The van der Waals surface area contributed by atoms with Crippen LogP contribution in [0.3, 0.4) is 0 Å². The van der Waals surface area contributed by atoms with E-state index in [9.17, 15) is 26.5 Å². The molecule has 0 saturated heterocycles. The molecule has 4 rings (SSSR count). The Kier molecular flexibility index (Phi) is 3.80. The molecule has 132 valence electrons. The Hall–Kier alpha value is -0.760. The fraction of sp³-hybridized carbons (Fsp3) is 0.933. The van der Waals surface area contributed by atoms with Crippen LogP contribution in [0.15, 0.2) is 0 Å². The molecule has 0 aromatic carbocycles. The lowest BCUT2D eigenvalue weighted by Gasteiger charge is -2.62. The molecular weight excluding hydrogens is 330 g/mol. The van der Waals surface area contributed by atoms with Gasteiger partial charge in [-0.15, -0.1) is 0 Å². The van der Waals surface area contributed by atoms with E-state index in [0.29, 0.717) is 11.8 Å². The van der Waals surface area contributed by atoms with Crippen LogP contribution in [-0.4, -0.2) is 30.8 Å². The average Bonchev–Trinajstić information content (AvgIpc) is 2.42. The molecule has 0 aliphatic heterocycles. The van der Waals surface area contributed by atoms with Gasteiger partial charge in [0, 0.05) is 5.41 Å². The summed E-state index contributed by atoms with van der Waals surface area (Å²) in [7, 11) is -6.05. The van der Waals surface area contributed by atoms with Gasteiger partial charge in [-0.2, -0.15) is 8.78 Å². The number of halogens is 2. The van der Waals surface area contributed by atoms with Crippen LogP contribution >= 0.6 is 0 Å². The van der Waals surface area contributed by atoms with Crippen molar-refractivity contribution in [2.45, 2.75) is 57.1 Å². The number of carbonyl (C=O) groups excluding carboxylic acids is 1. The molecule has 4 fully saturated rings. The molecule has 0 spiro atoms. The molecule has 4 aliphatic carbocycles. The summed E-state index contributed by atoms with van der Waals surface area (Å²) in [6.07, 6.45) is 6.92. The second-order valence-corrected chi connectivity index (χ2v) is 9.28. The fourth-order valence-corrected chi connectivity index (χ4v) is 5.90. The van der Waals surface area contributed by atoms with E-state index in [1.165, 1.54) is 0 Å². The highest BCUT2D eigenvalue weighted by atomic mass is 32.2. The van der Waals surface area contributed by atoms with E-state index in [2.05, 4.69) is 11.7 Å². The molecule has 4 bridgehead atoms. The topological polar surface area (TPSA) is 83.5 Å². The third-order valence-electron chi connectivity index (χ3n) is 6.11. The lowest BCUT2D eigenvalue weighted by atomic mass is 9.44. The summed E-state index contributed by atoms with van der Waals surface area (Å²) in [4.78, 5) is 11.4. The first-order valence-corrected chi connectivity index (χ1v) is 9.42. The smallest absolute Gasteiger partial charge is 0.428 e. The summed E-state index contributed by atoms with van der Waals surface area (Å²) >= 11 is 0. The molecule has 0 aromatic heterocycles. The standard InChI is InChI=1S/C15H22F2O5S/c1-2-13-4-10-3-11(5-13)7-14(6-10,8-13)9-22-12(18)15(16,17)23(19,20)21/h10-11H,2-9H2,1H3,(H,19,20,21)/p-1. The van der Waals surface area contributed by atoms with Gasteiger partial charge in [-0.25, -0.2) is 13.2 Å². The quantitative estimate of drug-likeness (QED) is 0.562. The van der Waals surface area contributed by atoms with Crippen LogP contribution in [0.1, 0.15) is 51.9 Å². The first kappa shape index (κ1) is 17.1. The number of carbonyl (C=O) groups is 1. The number of alkyl halides is 2. The summed E-state index contributed by atoms with van der Waals surface area (Å²) in [6.45, 7) is 1.91. The Bertz CT molecular complexity index is 601. The third kappa shape index (κ3) is 2.77. The number of hydrogen-bond donors (Lipinski definition) is 0. The van der Waals surface area contributed by atoms with Gasteiger partial charge >= 0.3 is 11.2 Å². The predicted octanol–water partition coefficient (Wildman–Crippen LogP) is 2.66. The molecule has 0 radical (unpaired) electrons. The van der Waals surface area contributed by atoms with E-state index in [1.807, 2.05) is 0 Å². The molecule has 2 unspecified atom stereocenters. The van der Waals surface area contributed by atoms with Crippen molar-refractivity contribution in [1.29, 1.82) is 0 Å². The Labute approximate surface area is 134 Å². The minimum Gasteiger partial charge on any atom is -0.743 e. The minimum absolute atomic E-state index is 0.198. The van der Waals surface area contributed by atoms with Crippen LogP contribution in [0.25, 0.3) is 0 Å². The van der Waals surface area contributed by atoms with Gasteiger partial charge in [-0.3, -0.25) is 0 Å². The van der Waals surface area contributed by atoms with Crippen LogP contribution in [0, 0.1) is 22.7 Å². The minimum atomic E-state index is -6.05. The van der Waals surface area contributed by atoms with Crippen LogP contribution < -0.4 is 0 Å². The van der Waals surface area contributed by atoms with E-state index in [0.717, 1.165) is 44.9 Å². The largest absolute Gasteiger partial charge is 0.743 e. The molecule has 5 nitrogen and oxygen atoms in total. The maximum absolute atomic E-state index is 13.2. The van der Waals surface area contributed by atoms with Crippen molar-refractivity contribution in [3.63, 3.8) is 0 Å². The van der Waals surface area contributed by atoms with Gasteiger partial charge in [0.15, 0.2) is 10.1 Å². The summed E-state index contributed by atoms with van der Waals surface area (Å²) in [5.74, 6) is -1.19. The van der Waals surface area contributed by atoms with Crippen molar-refractivity contribution >= 4 is 16.1 Å². The zero-order valence-corrected chi connectivity index (χ0v) is 13.8. The predicted molar refractivity (Wildman–Crippen MR) is 75.4 cm³/mol. The number of esters is 1. The van der Waals surface area contributed by atoms with Crippen molar-refractivity contribution < 1.29 is 31.3 Å². The maximum atomic E-state index is 13.2. The molecule has 0 aromatic rings. The molecule has 0 heterocycles. The van der Waals surface area contributed by atoms with Gasteiger partial charge in [0.1, 0.15) is 0 Å². The molecule has 4 aliphatic rings. The average molecular weight is 351 g/mol. The van der Waals surface area contributed by atoms with E-state index in [4.69, 9.17) is 0 Å². The van der Waals surface area contributed by atoms with Crippen LogP contribution in [0.5, 0.6) is 0 Å². The van der Waals surface area contributed by atoms with Crippen molar-refractivity contribution in [1.82, 2.24) is 0 Å². The Morgan fingerprint density at radius 3 is 2.22 bits per heavy atom. The highest BCUT2D eigenvalue weighted by Crippen LogP contribution is 2.66. The van der Waals surface area contributed by atoms with Crippen molar-refractivity contribution in [2.75, 3.05) is 6.61 Å². The summed E-state index contributed by atoms with van der Waals surface area (Å²) in [5, 5.41) is -5.02.